The lowest BCUT2D eigenvalue weighted by molar-refractivity contribution is -0.387. The number of hydrogen-bond acceptors (Lipinski definition) is 7. The molecule has 0 unspecified atom stereocenters. The van der Waals surface area contributed by atoms with E-state index in [9.17, 15) is 10.1 Å². The van der Waals surface area contributed by atoms with Gasteiger partial charge >= 0.3 is 0 Å². The Labute approximate surface area is 135 Å². The Hall–Kier alpha value is -2.81. The molecule has 0 spiro atoms. The number of nitro benzene ring substituents is 1. The maximum absolute atomic E-state index is 11.2. The van der Waals surface area contributed by atoms with Crippen LogP contribution in [-0.2, 0) is 0 Å². The van der Waals surface area contributed by atoms with Gasteiger partial charge in [-0.1, -0.05) is 6.07 Å². The first kappa shape index (κ1) is 15.1. The summed E-state index contributed by atoms with van der Waals surface area (Å²) in [7, 11) is 0. The number of furan rings is 1. The van der Waals surface area contributed by atoms with Gasteiger partial charge in [0.1, 0.15) is 5.76 Å². The molecule has 0 aliphatic rings. The number of aryl methyl sites for hydroxylation is 2. The fourth-order valence-electron chi connectivity index (χ4n) is 2.10. The van der Waals surface area contributed by atoms with Crippen LogP contribution in [0.4, 0.5) is 5.69 Å². The van der Waals surface area contributed by atoms with E-state index in [0.29, 0.717) is 21.6 Å². The molecule has 3 rings (SSSR count). The van der Waals surface area contributed by atoms with E-state index in [1.54, 1.807) is 25.1 Å². The van der Waals surface area contributed by atoms with Crippen molar-refractivity contribution in [2.24, 2.45) is 0 Å². The zero-order valence-electron chi connectivity index (χ0n) is 12.4. The summed E-state index contributed by atoms with van der Waals surface area (Å²) in [5.74, 6) is 7.14. The standard InChI is InChI=1S/C14H13N5O3S/c1-8-3-4-11(19(20)21)12(7-8)23-14-17-16-13(18(14)15)10-5-6-22-9(10)2/h3-7H,15H2,1-2H3. The van der Waals surface area contributed by atoms with Crippen LogP contribution in [-0.4, -0.2) is 19.8 Å². The molecule has 2 N–H and O–H groups in total. The first-order valence-corrected chi connectivity index (χ1v) is 7.47. The number of hydrogen-bond donors (Lipinski definition) is 1. The summed E-state index contributed by atoms with van der Waals surface area (Å²) in [6.07, 6.45) is 1.54. The Bertz CT molecular complexity index is 886. The van der Waals surface area contributed by atoms with Crippen molar-refractivity contribution >= 4 is 17.4 Å². The van der Waals surface area contributed by atoms with E-state index in [-0.39, 0.29) is 5.69 Å². The van der Waals surface area contributed by atoms with E-state index in [4.69, 9.17) is 10.3 Å². The zero-order valence-corrected chi connectivity index (χ0v) is 13.2. The average molecular weight is 331 g/mol. The summed E-state index contributed by atoms with van der Waals surface area (Å²) in [5, 5.41) is 19.6. The highest BCUT2D eigenvalue weighted by Crippen LogP contribution is 2.35. The second kappa shape index (κ2) is 5.76. The minimum atomic E-state index is -0.430. The van der Waals surface area contributed by atoms with Crippen molar-refractivity contribution in [2.75, 3.05) is 5.84 Å². The van der Waals surface area contributed by atoms with Crippen LogP contribution in [0.25, 0.3) is 11.4 Å². The van der Waals surface area contributed by atoms with Gasteiger partial charge in [-0.3, -0.25) is 10.1 Å². The summed E-state index contributed by atoms with van der Waals surface area (Å²) < 4.78 is 6.54. The Morgan fingerprint density at radius 2 is 2.09 bits per heavy atom. The van der Waals surface area contributed by atoms with E-state index < -0.39 is 4.92 Å². The molecule has 2 heterocycles. The molecule has 0 fully saturated rings. The molecule has 0 bridgehead atoms. The lowest BCUT2D eigenvalue weighted by atomic mass is 10.2. The van der Waals surface area contributed by atoms with Crippen LogP contribution < -0.4 is 5.84 Å². The van der Waals surface area contributed by atoms with Crippen LogP contribution >= 0.6 is 11.8 Å². The molecule has 0 aliphatic carbocycles. The molecule has 9 heteroatoms. The number of nitrogens with two attached hydrogens (primary N) is 1. The van der Waals surface area contributed by atoms with Gasteiger partial charge in [0, 0.05) is 6.07 Å². The number of rotatable bonds is 4. The number of benzene rings is 1. The maximum atomic E-state index is 11.2. The van der Waals surface area contributed by atoms with Gasteiger partial charge in [0.25, 0.3) is 5.69 Å². The van der Waals surface area contributed by atoms with Crippen molar-refractivity contribution in [3.63, 3.8) is 0 Å². The molecule has 2 aromatic heterocycles. The third-order valence-electron chi connectivity index (χ3n) is 3.28. The summed E-state index contributed by atoms with van der Waals surface area (Å²) in [6, 6.07) is 6.62. The lowest BCUT2D eigenvalue weighted by Crippen LogP contribution is -2.11. The van der Waals surface area contributed by atoms with Crippen molar-refractivity contribution in [3.05, 3.63) is 52.0 Å². The number of nitrogens with zero attached hydrogens (tertiary/aromatic N) is 4. The Balaban J connectivity index is 1.99. The zero-order chi connectivity index (χ0) is 16.6. The first-order valence-electron chi connectivity index (χ1n) is 6.65. The van der Waals surface area contributed by atoms with E-state index in [1.807, 2.05) is 6.92 Å². The molecular formula is C14H13N5O3S. The Morgan fingerprint density at radius 1 is 1.30 bits per heavy atom. The monoisotopic (exact) mass is 331 g/mol. The molecule has 0 atom stereocenters. The highest BCUT2D eigenvalue weighted by Gasteiger charge is 2.20. The van der Waals surface area contributed by atoms with Crippen molar-refractivity contribution in [2.45, 2.75) is 23.9 Å². The van der Waals surface area contributed by atoms with Gasteiger partial charge in [0.15, 0.2) is 5.82 Å². The fraction of sp³-hybridized carbons (Fsp3) is 0.143. The van der Waals surface area contributed by atoms with Gasteiger partial charge in [-0.2, -0.15) is 0 Å². The molecule has 23 heavy (non-hydrogen) atoms. The summed E-state index contributed by atoms with van der Waals surface area (Å²) in [5.41, 5.74) is 1.64. The van der Waals surface area contributed by atoms with E-state index in [2.05, 4.69) is 10.2 Å². The molecule has 0 saturated carbocycles. The van der Waals surface area contributed by atoms with Crippen LogP contribution in [0, 0.1) is 24.0 Å². The van der Waals surface area contributed by atoms with Crippen LogP contribution in [0.1, 0.15) is 11.3 Å². The molecule has 0 aliphatic heterocycles. The van der Waals surface area contributed by atoms with Crippen LogP contribution in [0.15, 0.2) is 45.0 Å². The van der Waals surface area contributed by atoms with E-state index in [0.717, 1.165) is 22.9 Å². The summed E-state index contributed by atoms with van der Waals surface area (Å²) in [6.45, 7) is 3.66. The number of aromatic nitrogens is 3. The van der Waals surface area contributed by atoms with Crippen molar-refractivity contribution < 1.29 is 9.34 Å². The summed E-state index contributed by atoms with van der Waals surface area (Å²) in [4.78, 5) is 11.2. The second-order valence-corrected chi connectivity index (χ2v) is 5.91. The molecular weight excluding hydrogens is 318 g/mol. The quantitative estimate of drug-likeness (QED) is 0.444. The third kappa shape index (κ3) is 2.78. The first-order chi connectivity index (χ1) is 11.0. The highest BCUT2D eigenvalue weighted by molar-refractivity contribution is 7.99. The van der Waals surface area contributed by atoms with E-state index >= 15 is 0 Å². The van der Waals surface area contributed by atoms with Crippen molar-refractivity contribution in [3.8, 4) is 11.4 Å². The molecule has 3 aromatic rings. The largest absolute Gasteiger partial charge is 0.469 e. The topological polar surface area (TPSA) is 113 Å². The third-order valence-corrected chi connectivity index (χ3v) is 4.29. The highest BCUT2D eigenvalue weighted by atomic mass is 32.2. The SMILES string of the molecule is Cc1ccc([N+](=O)[O-])c(Sc2nnc(-c3ccoc3C)n2N)c1. The van der Waals surface area contributed by atoms with Gasteiger partial charge in [0.05, 0.1) is 21.6 Å². The maximum Gasteiger partial charge on any atom is 0.283 e. The molecule has 8 nitrogen and oxygen atoms in total. The van der Waals surface area contributed by atoms with Crippen molar-refractivity contribution in [1.82, 2.24) is 14.9 Å². The molecule has 0 amide bonds. The number of nitrogen functional groups attached to an aromatic ring is 1. The van der Waals surface area contributed by atoms with Gasteiger partial charge in [-0.25, -0.2) is 4.68 Å². The molecule has 0 saturated heterocycles. The fourth-order valence-corrected chi connectivity index (χ4v) is 3.05. The van der Waals surface area contributed by atoms with E-state index in [1.165, 1.54) is 17.0 Å². The predicted molar refractivity (Wildman–Crippen MR) is 84.6 cm³/mol. The van der Waals surface area contributed by atoms with Crippen LogP contribution in [0.2, 0.25) is 0 Å². The second-order valence-electron chi connectivity index (χ2n) is 4.90. The minimum Gasteiger partial charge on any atom is -0.469 e. The minimum absolute atomic E-state index is 0.00430. The number of nitro groups is 1. The van der Waals surface area contributed by atoms with Gasteiger partial charge in [-0.05, 0) is 43.3 Å². The molecule has 1 aromatic carbocycles. The average Bonchev–Trinajstić information content (AvgIpc) is 3.06. The normalized spacial score (nSPS) is 10.9. The van der Waals surface area contributed by atoms with Gasteiger partial charge in [-0.15, -0.1) is 10.2 Å². The van der Waals surface area contributed by atoms with Crippen LogP contribution in [0.3, 0.4) is 0 Å². The van der Waals surface area contributed by atoms with Gasteiger partial charge in [0.2, 0.25) is 5.16 Å². The van der Waals surface area contributed by atoms with Crippen LogP contribution in [0.5, 0.6) is 0 Å². The Morgan fingerprint density at radius 3 is 2.74 bits per heavy atom. The van der Waals surface area contributed by atoms with Crippen molar-refractivity contribution in [1.29, 1.82) is 0 Å². The lowest BCUT2D eigenvalue weighted by Gasteiger charge is -2.04. The predicted octanol–water partition coefficient (Wildman–Crippen LogP) is 2.93. The summed E-state index contributed by atoms with van der Waals surface area (Å²) >= 11 is 1.10. The molecule has 118 valence electrons. The molecule has 0 radical (unpaired) electrons. The Kier molecular flexibility index (Phi) is 3.78. The smallest absolute Gasteiger partial charge is 0.283 e. The van der Waals surface area contributed by atoms with Gasteiger partial charge < -0.3 is 10.3 Å².